The topological polar surface area (TPSA) is 38.8 Å². The Hall–Kier alpha value is -2.50. The normalized spacial score (nSPS) is 16.6. The van der Waals surface area contributed by atoms with Gasteiger partial charge in [-0.25, -0.2) is 0 Å². The van der Waals surface area contributed by atoms with Crippen LogP contribution < -0.4 is 9.47 Å². The molecule has 4 nitrogen and oxygen atoms in total. The highest BCUT2D eigenvalue weighted by Crippen LogP contribution is 2.42. The van der Waals surface area contributed by atoms with E-state index in [0.29, 0.717) is 57.5 Å². The standard InChI is InChI=1S/C24H16Cl3NO3/c25-16-6-5-14(20(27)10-16)9-22-23(29)17-7-8-21-18(24(17)31-22)12-28(13-30-21)11-15-3-1-2-4-19(15)26/h1-10H,11-13H2/b22-9-. The van der Waals surface area contributed by atoms with Crippen molar-refractivity contribution in [3.63, 3.8) is 0 Å². The van der Waals surface area contributed by atoms with Crippen LogP contribution in [0.25, 0.3) is 6.08 Å². The number of carbonyl (C=O) groups is 1. The highest BCUT2D eigenvalue weighted by molar-refractivity contribution is 6.35. The maximum Gasteiger partial charge on any atom is 0.231 e. The molecule has 0 N–H and O–H groups in total. The Bertz CT molecular complexity index is 1240. The number of carbonyl (C=O) groups excluding carboxylic acids is 1. The molecule has 3 aromatic rings. The first-order chi connectivity index (χ1) is 15.0. The minimum Gasteiger partial charge on any atom is -0.478 e. The fraction of sp³-hybridized carbons (Fsp3) is 0.125. The van der Waals surface area contributed by atoms with Gasteiger partial charge in [0, 0.05) is 28.2 Å². The smallest absolute Gasteiger partial charge is 0.231 e. The number of benzene rings is 3. The van der Waals surface area contributed by atoms with E-state index >= 15 is 0 Å². The third-order valence-electron chi connectivity index (χ3n) is 5.28. The third kappa shape index (κ3) is 3.92. The lowest BCUT2D eigenvalue weighted by atomic mass is 10.0. The van der Waals surface area contributed by atoms with E-state index in [1.807, 2.05) is 30.3 Å². The van der Waals surface area contributed by atoms with Crippen LogP contribution in [-0.4, -0.2) is 17.4 Å². The highest BCUT2D eigenvalue weighted by atomic mass is 35.5. The second kappa shape index (κ2) is 8.21. The summed E-state index contributed by atoms with van der Waals surface area (Å²) in [5.41, 5.74) is 3.03. The van der Waals surface area contributed by atoms with E-state index in [-0.39, 0.29) is 11.5 Å². The zero-order valence-corrected chi connectivity index (χ0v) is 18.5. The molecule has 0 bridgehead atoms. The van der Waals surface area contributed by atoms with E-state index in [0.717, 1.165) is 11.1 Å². The predicted molar refractivity (Wildman–Crippen MR) is 122 cm³/mol. The number of fused-ring (bicyclic) bond motifs is 3. The van der Waals surface area contributed by atoms with E-state index in [2.05, 4.69) is 4.90 Å². The third-order valence-corrected chi connectivity index (χ3v) is 6.21. The lowest BCUT2D eigenvalue weighted by Gasteiger charge is -2.30. The molecule has 2 aliphatic rings. The van der Waals surface area contributed by atoms with Crippen LogP contribution in [0, 0.1) is 0 Å². The lowest BCUT2D eigenvalue weighted by Crippen LogP contribution is -2.31. The summed E-state index contributed by atoms with van der Waals surface area (Å²) in [6.07, 6.45) is 1.64. The van der Waals surface area contributed by atoms with Crippen LogP contribution in [0.3, 0.4) is 0 Å². The van der Waals surface area contributed by atoms with Gasteiger partial charge in [0.05, 0.1) is 11.1 Å². The second-order valence-electron chi connectivity index (χ2n) is 7.38. The number of hydrogen-bond donors (Lipinski definition) is 0. The molecule has 2 aliphatic heterocycles. The summed E-state index contributed by atoms with van der Waals surface area (Å²) in [6.45, 7) is 1.62. The van der Waals surface area contributed by atoms with Gasteiger partial charge in [-0.2, -0.15) is 0 Å². The van der Waals surface area contributed by atoms with Gasteiger partial charge in [-0.15, -0.1) is 0 Å². The number of ether oxygens (including phenoxy) is 2. The molecule has 7 heteroatoms. The molecule has 0 amide bonds. The van der Waals surface area contributed by atoms with Crippen LogP contribution in [0.2, 0.25) is 15.1 Å². The molecule has 0 saturated heterocycles. The van der Waals surface area contributed by atoms with Crippen molar-refractivity contribution in [3.8, 4) is 11.5 Å². The van der Waals surface area contributed by atoms with Crippen molar-refractivity contribution >= 4 is 46.7 Å². The SMILES string of the molecule is O=C1/C(=C/c2ccc(Cl)cc2Cl)Oc2c1ccc1c2CN(Cc2ccccc2Cl)CO1. The van der Waals surface area contributed by atoms with Crippen molar-refractivity contribution in [2.24, 2.45) is 0 Å². The molecule has 0 aromatic heterocycles. The maximum atomic E-state index is 12.9. The molecule has 5 rings (SSSR count). The first-order valence-corrected chi connectivity index (χ1v) is 10.8. The minimum absolute atomic E-state index is 0.188. The van der Waals surface area contributed by atoms with Gasteiger partial charge in [-0.05, 0) is 47.5 Å². The van der Waals surface area contributed by atoms with E-state index < -0.39 is 0 Å². The van der Waals surface area contributed by atoms with Crippen molar-refractivity contribution < 1.29 is 14.3 Å². The van der Waals surface area contributed by atoms with E-state index in [4.69, 9.17) is 44.3 Å². The van der Waals surface area contributed by atoms with Crippen molar-refractivity contribution in [1.29, 1.82) is 0 Å². The summed E-state index contributed by atoms with van der Waals surface area (Å²) in [6, 6.07) is 16.4. The zero-order valence-electron chi connectivity index (χ0n) is 16.2. The van der Waals surface area contributed by atoms with Gasteiger partial charge in [0.2, 0.25) is 5.78 Å². The van der Waals surface area contributed by atoms with Crippen LogP contribution in [-0.2, 0) is 13.1 Å². The molecule has 2 heterocycles. The molecule has 0 unspecified atom stereocenters. The summed E-state index contributed by atoms with van der Waals surface area (Å²) < 4.78 is 11.9. The molecule has 3 aromatic carbocycles. The Kier molecular flexibility index (Phi) is 5.40. The van der Waals surface area contributed by atoms with Gasteiger partial charge >= 0.3 is 0 Å². The Morgan fingerprint density at radius 1 is 1.00 bits per heavy atom. The number of ketones is 1. The Morgan fingerprint density at radius 2 is 1.84 bits per heavy atom. The van der Waals surface area contributed by atoms with Crippen LogP contribution in [0.15, 0.2) is 60.4 Å². The van der Waals surface area contributed by atoms with E-state index in [1.165, 1.54) is 0 Å². The Balaban J connectivity index is 1.44. The molecule has 31 heavy (non-hydrogen) atoms. The van der Waals surface area contributed by atoms with Gasteiger partial charge in [-0.3, -0.25) is 9.69 Å². The monoisotopic (exact) mass is 471 g/mol. The van der Waals surface area contributed by atoms with Crippen LogP contribution in [0.1, 0.15) is 27.0 Å². The largest absolute Gasteiger partial charge is 0.478 e. The van der Waals surface area contributed by atoms with Gasteiger partial charge in [0.15, 0.2) is 5.76 Å². The molecular formula is C24H16Cl3NO3. The molecule has 0 spiro atoms. The van der Waals surface area contributed by atoms with Crippen molar-refractivity contribution in [2.45, 2.75) is 13.1 Å². The van der Waals surface area contributed by atoms with Crippen molar-refractivity contribution in [3.05, 3.63) is 97.7 Å². The highest BCUT2D eigenvalue weighted by Gasteiger charge is 2.33. The predicted octanol–water partition coefficient (Wildman–Crippen LogP) is 6.62. The lowest BCUT2D eigenvalue weighted by molar-refractivity contribution is 0.0873. The summed E-state index contributed by atoms with van der Waals surface area (Å²) in [5.74, 6) is 1.28. The van der Waals surface area contributed by atoms with Gasteiger partial charge in [0.25, 0.3) is 0 Å². The number of Topliss-reactive ketones (excluding diaryl/α,β-unsaturated/α-hetero) is 1. The molecule has 0 aliphatic carbocycles. The number of halogens is 3. The van der Waals surface area contributed by atoms with E-state index in [1.54, 1.807) is 30.3 Å². The summed E-state index contributed by atoms with van der Waals surface area (Å²) >= 11 is 18.5. The first kappa shape index (κ1) is 20.4. The number of nitrogens with zero attached hydrogens (tertiary/aromatic N) is 1. The van der Waals surface area contributed by atoms with Gasteiger partial charge < -0.3 is 9.47 Å². The minimum atomic E-state index is -0.188. The van der Waals surface area contributed by atoms with Crippen LogP contribution in [0.4, 0.5) is 0 Å². The quantitative estimate of drug-likeness (QED) is 0.402. The molecule has 0 saturated carbocycles. The number of hydrogen-bond acceptors (Lipinski definition) is 4. The van der Waals surface area contributed by atoms with Crippen LogP contribution in [0.5, 0.6) is 11.5 Å². The van der Waals surface area contributed by atoms with Crippen molar-refractivity contribution in [2.75, 3.05) is 6.73 Å². The van der Waals surface area contributed by atoms with E-state index in [9.17, 15) is 4.79 Å². The second-order valence-corrected chi connectivity index (χ2v) is 8.63. The maximum absolute atomic E-state index is 12.9. The Morgan fingerprint density at radius 3 is 2.65 bits per heavy atom. The zero-order chi connectivity index (χ0) is 21.5. The Labute approximate surface area is 194 Å². The van der Waals surface area contributed by atoms with Gasteiger partial charge in [0.1, 0.15) is 18.2 Å². The fourth-order valence-corrected chi connectivity index (χ4v) is 4.39. The van der Waals surface area contributed by atoms with Crippen molar-refractivity contribution in [1.82, 2.24) is 4.90 Å². The molecule has 156 valence electrons. The summed E-state index contributed by atoms with van der Waals surface area (Å²) in [5, 5.41) is 1.69. The summed E-state index contributed by atoms with van der Waals surface area (Å²) in [7, 11) is 0. The average molecular weight is 473 g/mol. The van der Waals surface area contributed by atoms with Gasteiger partial charge in [-0.1, -0.05) is 59.1 Å². The fourth-order valence-electron chi connectivity index (χ4n) is 3.73. The average Bonchev–Trinajstić information content (AvgIpc) is 3.08. The number of rotatable bonds is 3. The molecule has 0 fully saturated rings. The number of allylic oxidation sites excluding steroid dienone is 1. The molecular weight excluding hydrogens is 457 g/mol. The molecule has 0 radical (unpaired) electrons. The molecule has 0 atom stereocenters. The first-order valence-electron chi connectivity index (χ1n) is 9.63. The van der Waals surface area contributed by atoms with Crippen LogP contribution >= 0.6 is 34.8 Å². The summed E-state index contributed by atoms with van der Waals surface area (Å²) in [4.78, 5) is 15.1.